The van der Waals surface area contributed by atoms with Crippen LogP contribution in [0.15, 0.2) is 51.9 Å². The molecule has 0 unspecified atom stereocenters. The van der Waals surface area contributed by atoms with Crippen LogP contribution in [0.2, 0.25) is 10.0 Å². The highest BCUT2D eigenvalue weighted by Crippen LogP contribution is 2.37. The summed E-state index contributed by atoms with van der Waals surface area (Å²) in [6.45, 7) is 0. The minimum absolute atomic E-state index is 0.0551. The first kappa shape index (κ1) is 19.2. The molecule has 0 spiro atoms. The zero-order valence-corrected chi connectivity index (χ0v) is 15.8. The highest BCUT2D eigenvalue weighted by molar-refractivity contribution is 7.89. The van der Waals surface area contributed by atoms with Crippen molar-refractivity contribution in [1.82, 2.24) is 5.16 Å². The monoisotopic (exact) mass is 426 g/mol. The van der Waals surface area contributed by atoms with Gasteiger partial charge in [-0.15, -0.1) is 0 Å². The van der Waals surface area contributed by atoms with Crippen molar-refractivity contribution in [3.8, 4) is 11.3 Å². The van der Waals surface area contributed by atoms with E-state index in [9.17, 15) is 13.2 Å². The van der Waals surface area contributed by atoms with Crippen molar-refractivity contribution in [3.05, 3.63) is 58.1 Å². The normalized spacial score (nSPS) is 11.4. The fraction of sp³-hybridized carbons (Fsp3) is 0. The fourth-order valence-electron chi connectivity index (χ4n) is 2.34. The molecule has 0 bridgehead atoms. The Balaban J connectivity index is 1.96. The summed E-state index contributed by atoms with van der Waals surface area (Å²) in [7, 11) is -3.84. The number of aromatic nitrogens is 1. The molecule has 3 aromatic rings. The first-order valence-electron chi connectivity index (χ1n) is 7.32. The maximum atomic E-state index is 12.7. The molecule has 3 rings (SSSR count). The lowest BCUT2D eigenvalue weighted by molar-refractivity contribution is 0.102. The van der Waals surface area contributed by atoms with Gasteiger partial charge in [-0.25, -0.2) is 13.6 Å². The second-order valence-corrected chi connectivity index (χ2v) is 7.77. The van der Waals surface area contributed by atoms with Gasteiger partial charge in [0.05, 0.1) is 14.9 Å². The number of carbonyl (C=O) groups is 1. The molecule has 1 aromatic heterocycles. The molecule has 140 valence electrons. The maximum Gasteiger partial charge on any atom is 0.263 e. The molecule has 0 atom stereocenters. The smallest absolute Gasteiger partial charge is 0.263 e. The van der Waals surface area contributed by atoms with Crippen LogP contribution in [0.25, 0.3) is 11.3 Å². The summed E-state index contributed by atoms with van der Waals surface area (Å²) in [5.74, 6) is -0.859. The van der Waals surface area contributed by atoms with E-state index in [-0.39, 0.29) is 32.1 Å². The number of anilines is 2. The molecule has 11 heteroatoms. The molecule has 0 aliphatic carbocycles. The Morgan fingerprint density at radius 1 is 1.07 bits per heavy atom. The van der Waals surface area contributed by atoms with Gasteiger partial charge in [0.1, 0.15) is 11.3 Å². The van der Waals surface area contributed by atoms with Gasteiger partial charge in [0.15, 0.2) is 0 Å². The highest BCUT2D eigenvalue weighted by Gasteiger charge is 2.25. The number of benzene rings is 2. The van der Waals surface area contributed by atoms with Crippen molar-refractivity contribution in [2.24, 2.45) is 5.14 Å². The molecule has 1 amide bonds. The number of sulfonamides is 1. The lowest BCUT2D eigenvalue weighted by Crippen LogP contribution is -2.15. The summed E-state index contributed by atoms with van der Waals surface area (Å²) in [4.78, 5) is 12.6. The lowest BCUT2D eigenvalue weighted by atomic mass is 10.1. The maximum absolute atomic E-state index is 12.7. The van der Waals surface area contributed by atoms with Gasteiger partial charge in [-0.2, -0.15) is 0 Å². The number of nitrogen functional groups attached to an aromatic ring is 1. The second-order valence-electron chi connectivity index (χ2n) is 5.39. The molecular weight excluding hydrogens is 415 g/mol. The summed E-state index contributed by atoms with van der Waals surface area (Å²) in [5, 5.41) is 11.9. The number of rotatable bonds is 4. The Bertz CT molecular complexity index is 1110. The molecule has 2 aromatic carbocycles. The predicted molar refractivity (Wildman–Crippen MR) is 102 cm³/mol. The summed E-state index contributed by atoms with van der Waals surface area (Å²) in [5.41, 5.74) is 6.38. The van der Waals surface area contributed by atoms with Crippen LogP contribution in [0.5, 0.6) is 0 Å². The highest BCUT2D eigenvalue weighted by atomic mass is 35.5. The molecule has 0 radical (unpaired) electrons. The Labute approximate surface area is 164 Å². The van der Waals surface area contributed by atoms with E-state index in [2.05, 4.69) is 10.5 Å². The van der Waals surface area contributed by atoms with Crippen LogP contribution in [-0.4, -0.2) is 19.5 Å². The third kappa shape index (κ3) is 3.91. The van der Waals surface area contributed by atoms with Crippen molar-refractivity contribution in [1.29, 1.82) is 0 Å². The van der Waals surface area contributed by atoms with Crippen LogP contribution in [0, 0.1) is 0 Å². The van der Waals surface area contributed by atoms with Gasteiger partial charge in [0.25, 0.3) is 5.91 Å². The number of halogens is 2. The van der Waals surface area contributed by atoms with E-state index in [0.29, 0.717) is 11.3 Å². The zero-order valence-electron chi connectivity index (χ0n) is 13.4. The number of nitrogens with two attached hydrogens (primary N) is 2. The standard InChI is InChI=1S/C16H12Cl2N4O4S/c17-10-2-1-3-11(18)12(10)14-13(15(19)26-22-14)16(23)21-8-4-6-9(7-5-8)27(20,24)25/h1-7H,19H2,(H,21,23)(H2,20,24,25). The van der Waals surface area contributed by atoms with Gasteiger partial charge in [-0.3, -0.25) is 4.79 Å². The molecule has 8 nitrogen and oxygen atoms in total. The van der Waals surface area contributed by atoms with Gasteiger partial charge in [-0.05, 0) is 36.4 Å². The van der Waals surface area contributed by atoms with Crippen LogP contribution >= 0.6 is 23.2 Å². The Kier molecular flexibility index (Phi) is 5.11. The minimum atomic E-state index is -3.84. The Morgan fingerprint density at radius 2 is 1.67 bits per heavy atom. The van der Waals surface area contributed by atoms with Crippen molar-refractivity contribution >= 4 is 50.7 Å². The average Bonchev–Trinajstić information content (AvgIpc) is 2.96. The number of amides is 1. The molecular formula is C16H12Cl2N4O4S. The summed E-state index contributed by atoms with van der Waals surface area (Å²) in [6, 6.07) is 10.1. The molecule has 27 heavy (non-hydrogen) atoms. The van der Waals surface area contributed by atoms with Gasteiger partial charge >= 0.3 is 0 Å². The van der Waals surface area contributed by atoms with Crippen LogP contribution < -0.4 is 16.2 Å². The quantitative estimate of drug-likeness (QED) is 0.584. The number of hydrogen-bond donors (Lipinski definition) is 3. The first-order valence-corrected chi connectivity index (χ1v) is 9.62. The van der Waals surface area contributed by atoms with Crippen molar-refractivity contribution in [2.45, 2.75) is 4.90 Å². The molecule has 0 fully saturated rings. The molecule has 0 saturated carbocycles. The van der Waals surface area contributed by atoms with Crippen molar-refractivity contribution < 1.29 is 17.7 Å². The zero-order chi connectivity index (χ0) is 19.8. The molecule has 0 aliphatic heterocycles. The minimum Gasteiger partial charge on any atom is -0.367 e. The van der Waals surface area contributed by atoms with E-state index in [1.165, 1.54) is 24.3 Å². The van der Waals surface area contributed by atoms with E-state index >= 15 is 0 Å². The average molecular weight is 427 g/mol. The molecule has 0 saturated heterocycles. The van der Waals surface area contributed by atoms with Crippen molar-refractivity contribution in [2.75, 3.05) is 11.1 Å². The van der Waals surface area contributed by atoms with Crippen molar-refractivity contribution in [3.63, 3.8) is 0 Å². The third-order valence-electron chi connectivity index (χ3n) is 3.59. The molecule has 1 heterocycles. The van der Waals surface area contributed by atoms with E-state index in [4.69, 9.17) is 38.6 Å². The number of carbonyl (C=O) groups excluding carboxylic acids is 1. The fourth-order valence-corrected chi connectivity index (χ4v) is 3.43. The number of nitrogens with zero attached hydrogens (tertiary/aromatic N) is 1. The number of primary sulfonamides is 1. The van der Waals surface area contributed by atoms with Crippen LogP contribution in [0.4, 0.5) is 11.6 Å². The Morgan fingerprint density at radius 3 is 2.22 bits per heavy atom. The van der Waals surface area contributed by atoms with E-state index in [1.807, 2.05) is 0 Å². The summed E-state index contributed by atoms with van der Waals surface area (Å²) in [6.07, 6.45) is 0. The number of nitrogens with one attached hydrogen (secondary N) is 1. The van der Waals surface area contributed by atoms with Gasteiger partial charge in [0, 0.05) is 11.3 Å². The molecule has 5 N–H and O–H groups in total. The third-order valence-corrected chi connectivity index (χ3v) is 5.14. The summed E-state index contributed by atoms with van der Waals surface area (Å²) >= 11 is 12.3. The lowest BCUT2D eigenvalue weighted by Gasteiger charge is -2.08. The Hall–Kier alpha value is -2.59. The van der Waals surface area contributed by atoms with Crippen LogP contribution in [-0.2, 0) is 10.0 Å². The topological polar surface area (TPSA) is 141 Å². The second kappa shape index (κ2) is 7.20. The van der Waals surface area contributed by atoms with Gasteiger partial charge < -0.3 is 15.6 Å². The largest absolute Gasteiger partial charge is 0.367 e. The van der Waals surface area contributed by atoms with Crippen LogP contribution in [0.1, 0.15) is 10.4 Å². The van der Waals surface area contributed by atoms with E-state index in [1.54, 1.807) is 18.2 Å². The van der Waals surface area contributed by atoms with E-state index < -0.39 is 15.9 Å². The predicted octanol–water partition coefficient (Wildman–Crippen LogP) is 3.13. The molecule has 0 aliphatic rings. The van der Waals surface area contributed by atoms with E-state index in [0.717, 1.165) is 0 Å². The SMILES string of the molecule is Nc1onc(-c2c(Cl)cccc2Cl)c1C(=O)Nc1ccc(S(N)(=O)=O)cc1. The number of hydrogen-bond acceptors (Lipinski definition) is 6. The van der Waals surface area contributed by atoms with Crippen LogP contribution in [0.3, 0.4) is 0 Å². The van der Waals surface area contributed by atoms with Gasteiger partial charge in [-0.1, -0.05) is 34.4 Å². The summed E-state index contributed by atoms with van der Waals surface area (Å²) < 4.78 is 27.5. The van der Waals surface area contributed by atoms with Gasteiger partial charge in [0.2, 0.25) is 15.9 Å². The first-order chi connectivity index (χ1) is 12.7.